The molecule has 0 radical (unpaired) electrons. The Balaban J connectivity index is 2.14. The molecule has 1 aromatic heterocycles. The summed E-state index contributed by atoms with van der Waals surface area (Å²) < 4.78 is 45.5. The predicted octanol–water partition coefficient (Wildman–Crippen LogP) is 3.61. The number of rotatable bonds is 4. The van der Waals surface area contributed by atoms with Gasteiger partial charge in [0.05, 0.1) is 18.4 Å². The molecule has 0 saturated carbocycles. The van der Waals surface area contributed by atoms with Crippen molar-refractivity contribution in [3.63, 3.8) is 0 Å². The molecular formula is C18H11F3N2O4. The van der Waals surface area contributed by atoms with Crippen molar-refractivity contribution in [3.05, 3.63) is 65.2 Å². The third-order valence-corrected chi connectivity index (χ3v) is 3.84. The molecule has 0 unspecified atom stereocenters. The molecule has 0 aliphatic heterocycles. The number of amides is 1. The van der Waals surface area contributed by atoms with E-state index in [4.69, 9.17) is 4.74 Å². The van der Waals surface area contributed by atoms with Crippen LogP contribution in [0.25, 0.3) is 10.8 Å². The van der Waals surface area contributed by atoms with E-state index in [9.17, 15) is 27.9 Å². The first-order valence-corrected chi connectivity index (χ1v) is 7.49. The van der Waals surface area contributed by atoms with Gasteiger partial charge in [0.15, 0.2) is 23.1 Å². The summed E-state index contributed by atoms with van der Waals surface area (Å²) in [7, 11) is 1.38. The van der Waals surface area contributed by atoms with Crippen molar-refractivity contribution < 1.29 is 32.6 Å². The number of hydrogen-bond acceptors (Lipinski definition) is 4. The Morgan fingerprint density at radius 3 is 2.48 bits per heavy atom. The van der Waals surface area contributed by atoms with Gasteiger partial charge in [0.2, 0.25) is 0 Å². The summed E-state index contributed by atoms with van der Waals surface area (Å²) in [5.41, 5.74) is -1.11. The molecule has 27 heavy (non-hydrogen) atoms. The maximum atomic E-state index is 13.9. The lowest BCUT2D eigenvalue weighted by molar-refractivity contribution is 0.0692. The van der Waals surface area contributed by atoms with Gasteiger partial charge in [0.25, 0.3) is 5.91 Å². The number of aromatic carboxylic acids is 1. The molecule has 3 aromatic rings. The van der Waals surface area contributed by atoms with E-state index in [0.29, 0.717) is 17.2 Å². The number of carbonyl (C=O) groups excluding carboxylic acids is 1. The van der Waals surface area contributed by atoms with Crippen molar-refractivity contribution >= 4 is 28.3 Å². The van der Waals surface area contributed by atoms with Crippen LogP contribution < -0.4 is 10.1 Å². The highest BCUT2D eigenvalue weighted by Crippen LogP contribution is 2.33. The number of aromatic nitrogens is 1. The molecule has 6 nitrogen and oxygen atoms in total. The maximum absolute atomic E-state index is 13.9. The number of fused-ring (bicyclic) bond motifs is 1. The minimum atomic E-state index is -1.78. The van der Waals surface area contributed by atoms with Gasteiger partial charge in [-0.1, -0.05) is 0 Å². The molecule has 2 N–H and O–H groups in total. The highest BCUT2D eigenvalue weighted by molar-refractivity contribution is 6.14. The second kappa shape index (κ2) is 6.94. The molecule has 0 aliphatic carbocycles. The first kappa shape index (κ1) is 18.2. The SMILES string of the molecule is COc1ccc(NC(=O)c2ccc(F)c(F)c2F)c2c(C(=O)O)nccc12. The number of methoxy groups -OCH3 is 1. The Bertz CT molecular complexity index is 1090. The molecule has 1 amide bonds. The summed E-state index contributed by atoms with van der Waals surface area (Å²) in [4.78, 5) is 27.6. The van der Waals surface area contributed by atoms with E-state index in [0.717, 1.165) is 6.07 Å². The van der Waals surface area contributed by atoms with E-state index < -0.39 is 34.9 Å². The average molecular weight is 376 g/mol. The summed E-state index contributed by atoms with van der Waals surface area (Å²) in [6.45, 7) is 0. The number of pyridine rings is 1. The molecule has 0 spiro atoms. The number of carbonyl (C=O) groups is 2. The zero-order valence-corrected chi connectivity index (χ0v) is 13.7. The van der Waals surface area contributed by atoms with Crippen LogP contribution in [0.2, 0.25) is 0 Å². The number of hydrogen-bond donors (Lipinski definition) is 2. The summed E-state index contributed by atoms with van der Waals surface area (Å²) in [5, 5.41) is 12.1. The standard InChI is InChI=1S/C18H11F3N2O4/c1-27-12-5-4-11(13-8(12)6-7-22-16(13)18(25)26)23-17(24)9-2-3-10(19)15(21)14(9)20/h2-7H,1H3,(H,23,24)(H,25,26). The molecule has 2 aromatic carbocycles. The number of benzene rings is 2. The van der Waals surface area contributed by atoms with Crippen LogP contribution in [0, 0.1) is 17.5 Å². The third kappa shape index (κ3) is 3.14. The third-order valence-electron chi connectivity index (χ3n) is 3.84. The van der Waals surface area contributed by atoms with Crippen molar-refractivity contribution in [3.8, 4) is 5.75 Å². The zero-order chi connectivity index (χ0) is 19.7. The molecule has 138 valence electrons. The van der Waals surface area contributed by atoms with Gasteiger partial charge in [-0.05, 0) is 30.3 Å². The first-order valence-electron chi connectivity index (χ1n) is 7.49. The van der Waals surface area contributed by atoms with E-state index >= 15 is 0 Å². The molecule has 0 aliphatic rings. The van der Waals surface area contributed by atoms with Gasteiger partial charge >= 0.3 is 5.97 Å². The van der Waals surface area contributed by atoms with Gasteiger partial charge in [0, 0.05) is 17.0 Å². The van der Waals surface area contributed by atoms with Crippen LogP contribution in [0.1, 0.15) is 20.8 Å². The van der Waals surface area contributed by atoms with Crippen molar-refractivity contribution in [2.45, 2.75) is 0 Å². The molecule has 0 saturated heterocycles. The van der Waals surface area contributed by atoms with Crippen LogP contribution in [0.15, 0.2) is 36.5 Å². The minimum Gasteiger partial charge on any atom is -0.496 e. The predicted molar refractivity (Wildman–Crippen MR) is 89.5 cm³/mol. The largest absolute Gasteiger partial charge is 0.496 e. The molecule has 9 heteroatoms. The number of anilines is 1. The lowest BCUT2D eigenvalue weighted by Crippen LogP contribution is -2.16. The highest BCUT2D eigenvalue weighted by Gasteiger charge is 2.22. The number of halogens is 3. The lowest BCUT2D eigenvalue weighted by Gasteiger charge is -2.13. The molecular weight excluding hydrogens is 365 g/mol. The van der Waals surface area contributed by atoms with E-state index in [1.54, 1.807) is 0 Å². The van der Waals surface area contributed by atoms with Gasteiger partial charge in [0.1, 0.15) is 5.75 Å². The average Bonchev–Trinajstić information content (AvgIpc) is 2.65. The van der Waals surface area contributed by atoms with Crippen LogP contribution in [-0.4, -0.2) is 29.1 Å². The monoisotopic (exact) mass is 376 g/mol. The highest BCUT2D eigenvalue weighted by atomic mass is 19.2. The Labute approximate surface area is 150 Å². The normalized spacial score (nSPS) is 10.7. The van der Waals surface area contributed by atoms with Crippen molar-refractivity contribution in [2.75, 3.05) is 12.4 Å². The number of nitrogens with zero attached hydrogens (tertiary/aromatic N) is 1. The smallest absolute Gasteiger partial charge is 0.355 e. The number of nitrogens with one attached hydrogen (secondary N) is 1. The second-order valence-corrected chi connectivity index (χ2v) is 5.38. The fourth-order valence-corrected chi connectivity index (χ4v) is 2.61. The van der Waals surface area contributed by atoms with Gasteiger partial charge in [-0.3, -0.25) is 4.79 Å². The molecule has 0 fully saturated rings. The molecule has 0 atom stereocenters. The summed E-state index contributed by atoms with van der Waals surface area (Å²) in [6, 6.07) is 5.68. The maximum Gasteiger partial charge on any atom is 0.355 e. The molecule has 0 bridgehead atoms. The Morgan fingerprint density at radius 2 is 1.81 bits per heavy atom. The van der Waals surface area contributed by atoms with Crippen LogP contribution in [0.3, 0.4) is 0 Å². The van der Waals surface area contributed by atoms with Crippen molar-refractivity contribution in [1.29, 1.82) is 0 Å². The van der Waals surface area contributed by atoms with Gasteiger partial charge < -0.3 is 15.2 Å². The van der Waals surface area contributed by atoms with Gasteiger partial charge in [-0.25, -0.2) is 22.9 Å². The number of ether oxygens (including phenoxy) is 1. The summed E-state index contributed by atoms with van der Waals surface area (Å²) in [5.74, 6) is -6.98. The second-order valence-electron chi connectivity index (χ2n) is 5.38. The van der Waals surface area contributed by atoms with E-state index in [2.05, 4.69) is 10.3 Å². The van der Waals surface area contributed by atoms with Crippen molar-refractivity contribution in [1.82, 2.24) is 4.98 Å². The Hall–Kier alpha value is -3.62. The fourth-order valence-electron chi connectivity index (χ4n) is 2.61. The number of carboxylic acids is 1. The minimum absolute atomic E-state index is 0.00886. The molecule has 1 heterocycles. The van der Waals surface area contributed by atoms with E-state index in [1.807, 2.05) is 0 Å². The Morgan fingerprint density at radius 1 is 1.07 bits per heavy atom. The van der Waals surface area contributed by atoms with Crippen LogP contribution in [0.4, 0.5) is 18.9 Å². The zero-order valence-electron chi connectivity index (χ0n) is 13.7. The van der Waals surface area contributed by atoms with E-state index in [-0.39, 0.29) is 16.8 Å². The first-order chi connectivity index (χ1) is 12.8. The summed E-state index contributed by atoms with van der Waals surface area (Å²) in [6.07, 6.45) is 1.26. The van der Waals surface area contributed by atoms with Gasteiger partial charge in [-0.2, -0.15) is 0 Å². The van der Waals surface area contributed by atoms with Crippen LogP contribution in [-0.2, 0) is 0 Å². The lowest BCUT2D eigenvalue weighted by atomic mass is 10.1. The topological polar surface area (TPSA) is 88.5 Å². The summed E-state index contributed by atoms with van der Waals surface area (Å²) >= 11 is 0. The Kier molecular flexibility index (Phi) is 4.68. The molecule has 3 rings (SSSR count). The van der Waals surface area contributed by atoms with Crippen molar-refractivity contribution in [2.24, 2.45) is 0 Å². The van der Waals surface area contributed by atoms with E-state index in [1.165, 1.54) is 31.5 Å². The van der Waals surface area contributed by atoms with Gasteiger partial charge in [-0.15, -0.1) is 0 Å². The van der Waals surface area contributed by atoms with Crippen LogP contribution >= 0.6 is 0 Å². The number of carboxylic acid groups (broad SMARTS) is 1. The quantitative estimate of drug-likeness (QED) is 0.679. The fraction of sp³-hybridized carbons (Fsp3) is 0.0556. The van der Waals surface area contributed by atoms with Crippen LogP contribution in [0.5, 0.6) is 5.75 Å².